The van der Waals surface area contributed by atoms with Gasteiger partial charge in [0.05, 0.1) is 23.4 Å². The maximum atomic E-state index is 12.7. The van der Waals surface area contributed by atoms with E-state index < -0.39 is 10.0 Å². The Morgan fingerprint density at radius 1 is 1.08 bits per heavy atom. The smallest absolute Gasteiger partial charge is 0.261 e. The first-order valence-corrected chi connectivity index (χ1v) is 10.6. The number of ether oxygens (including phenoxy) is 1. The summed E-state index contributed by atoms with van der Waals surface area (Å²) in [6.45, 7) is 3.65. The summed E-state index contributed by atoms with van der Waals surface area (Å²) in [6, 6.07) is 12.0. The number of hydrogen-bond donors (Lipinski definition) is 1. The second-order valence-corrected chi connectivity index (χ2v) is 8.84. The molecule has 0 unspecified atom stereocenters. The second-order valence-electron chi connectivity index (χ2n) is 6.24. The van der Waals surface area contributed by atoms with Crippen molar-refractivity contribution in [1.29, 1.82) is 0 Å². The maximum absolute atomic E-state index is 12.7. The number of nitrogens with one attached hydrogen (secondary N) is 1. The molecule has 26 heavy (non-hydrogen) atoms. The first-order valence-electron chi connectivity index (χ1n) is 8.29. The maximum Gasteiger partial charge on any atom is 0.261 e. The van der Waals surface area contributed by atoms with Gasteiger partial charge in [-0.15, -0.1) is 0 Å². The molecule has 2 aromatic carbocycles. The third kappa shape index (κ3) is 4.31. The molecule has 0 bridgehead atoms. The van der Waals surface area contributed by atoms with Gasteiger partial charge < -0.3 is 14.5 Å². The highest BCUT2D eigenvalue weighted by Crippen LogP contribution is 2.33. The molecular formula is C18H22BrN3O3S. The largest absolute Gasteiger partial charge is 0.495 e. The fourth-order valence-corrected chi connectivity index (χ4v) is 4.54. The van der Waals surface area contributed by atoms with Crippen LogP contribution in [0.3, 0.4) is 0 Å². The molecule has 6 nitrogen and oxygen atoms in total. The average Bonchev–Trinajstić information content (AvgIpc) is 2.62. The summed E-state index contributed by atoms with van der Waals surface area (Å²) in [5.74, 6) is 0.736. The first kappa shape index (κ1) is 19.0. The summed E-state index contributed by atoms with van der Waals surface area (Å²) in [4.78, 5) is 4.70. The molecule has 1 N–H and O–H groups in total. The molecule has 2 aromatic rings. The lowest BCUT2D eigenvalue weighted by Gasteiger charge is -2.35. The number of sulfonamides is 1. The number of nitrogens with zero attached hydrogens (tertiary/aromatic N) is 2. The number of likely N-dealkylation sites (N-methyl/N-ethyl adjacent to an activating group) is 1. The Hall–Kier alpha value is -1.77. The van der Waals surface area contributed by atoms with Crippen molar-refractivity contribution in [1.82, 2.24) is 4.90 Å². The van der Waals surface area contributed by atoms with Crippen LogP contribution in [-0.2, 0) is 10.0 Å². The SMILES string of the molecule is COc1ccc(NS(=O)(=O)c2cccc(Br)c2)cc1N1CCN(C)CC1. The van der Waals surface area contributed by atoms with Gasteiger partial charge in [-0.25, -0.2) is 8.42 Å². The van der Waals surface area contributed by atoms with Gasteiger partial charge in [0.25, 0.3) is 10.0 Å². The molecule has 8 heteroatoms. The van der Waals surface area contributed by atoms with E-state index in [4.69, 9.17) is 4.74 Å². The zero-order valence-electron chi connectivity index (χ0n) is 14.8. The molecule has 0 amide bonds. The van der Waals surface area contributed by atoms with E-state index in [-0.39, 0.29) is 4.90 Å². The first-order chi connectivity index (χ1) is 12.4. The molecular weight excluding hydrogens is 418 g/mol. The molecule has 0 saturated carbocycles. The highest BCUT2D eigenvalue weighted by Gasteiger charge is 2.20. The normalized spacial score (nSPS) is 15.7. The monoisotopic (exact) mass is 439 g/mol. The lowest BCUT2D eigenvalue weighted by molar-refractivity contribution is 0.311. The van der Waals surface area contributed by atoms with Crippen LogP contribution in [0.5, 0.6) is 5.75 Å². The number of halogens is 1. The van der Waals surface area contributed by atoms with Crippen LogP contribution >= 0.6 is 15.9 Å². The average molecular weight is 440 g/mol. The molecule has 1 aliphatic rings. The van der Waals surface area contributed by atoms with Gasteiger partial charge in [0, 0.05) is 30.7 Å². The summed E-state index contributed by atoms with van der Waals surface area (Å²) in [5.41, 5.74) is 1.41. The highest BCUT2D eigenvalue weighted by molar-refractivity contribution is 9.10. The van der Waals surface area contributed by atoms with Gasteiger partial charge in [-0.2, -0.15) is 0 Å². The predicted octanol–water partition coefficient (Wildman–Crippen LogP) is 3.01. The summed E-state index contributed by atoms with van der Waals surface area (Å²) in [7, 11) is 0.0604. The number of piperazine rings is 1. The van der Waals surface area contributed by atoms with E-state index in [9.17, 15) is 8.42 Å². The standard InChI is InChI=1S/C18H22BrN3O3S/c1-21-8-10-22(11-9-21)17-13-15(6-7-18(17)25-2)20-26(23,24)16-5-3-4-14(19)12-16/h3-7,12-13,20H,8-11H2,1-2H3. The number of rotatable bonds is 5. The van der Waals surface area contributed by atoms with E-state index >= 15 is 0 Å². The minimum atomic E-state index is -3.66. The van der Waals surface area contributed by atoms with Crippen molar-refractivity contribution in [2.24, 2.45) is 0 Å². The summed E-state index contributed by atoms with van der Waals surface area (Å²) < 4.78 is 34.2. The zero-order valence-corrected chi connectivity index (χ0v) is 17.2. The van der Waals surface area contributed by atoms with E-state index in [1.807, 2.05) is 6.07 Å². The zero-order chi connectivity index (χ0) is 18.7. The van der Waals surface area contributed by atoms with E-state index in [0.717, 1.165) is 37.6 Å². The van der Waals surface area contributed by atoms with E-state index in [2.05, 4.69) is 37.5 Å². The Labute approximate surface area is 162 Å². The van der Waals surface area contributed by atoms with Gasteiger partial charge in [0.1, 0.15) is 5.75 Å². The van der Waals surface area contributed by atoms with Crippen LogP contribution in [0.4, 0.5) is 11.4 Å². The van der Waals surface area contributed by atoms with Gasteiger partial charge in [0.15, 0.2) is 0 Å². The van der Waals surface area contributed by atoms with Gasteiger partial charge in [0.2, 0.25) is 0 Å². The summed E-state index contributed by atoms with van der Waals surface area (Å²) in [6.07, 6.45) is 0. The number of anilines is 2. The molecule has 1 heterocycles. The molecule has 1 saturated heterocycles. The lowest BCUT2D eigenvalue weighted by atomic mass is 10.2. The molecule has 3 rings (SSSR count). The Balaban J connectivity index is 1.88. The van der Waals surface area contributed by atoms with E-state index in [1.54, 1.807) is 43.5 Å². The number of methoxy groups -OCH3 is 1. The van der Waals surface area contributed by atoms with Crippen LogP contribution in [0.2, 0.25) is 0 Å². The lowest BCUT2D eigenvalue weighted by Crippen LogP contribution is -2.44. The van der Waals surface area contributed by atoms with Crippen LogP contribution in [0.25, 0.3) is 0 Å². The predicted molar refractivity (Wildman–Crippen MR) is 108 cm³/mol. The van der Waals surface area contributed by atoms with Gasteiger partial charge in [-0.1, -0.05) is 22.0 Å². The van der Waals surface area contributed by atoms with Crippen LogP contribution < -0.4 is 14.4 Å². The fourth-order valence-electron chi connectivity index (χ4n) is 2.90. The summed E-state index contributed by atoms with van der Waals surface area (Å²) >= 11 is 3.31. The van der Waals surface area contributed by atoms with Crippen LogP contribution in [0.1, 0.15) is 0 Å². The van der Waals surface area contributed by atoms with Crippen LogP contribution in [0, 0.1) is 0 Å². The molecule has 1 aliphatic heterocycles. The minimum absolute atomic E-state index is 0.212. The molecule has 0 atom stereocenters. The van der Waals surface area contributed by atoms with Crippen molar-refractivity contribution >= 4 is 37.3 Å². The number of hydrogen-bond acceptors (Lipinski definition) is 5. The molecule has 1 fully saturated rings. The second kappa shape index (κ2) is 7.85. The highest BCUT2D eigenvalue weighted by atomic mass is 79.9. The van der Waals surface area contributed by atoms with E-state index in [1.165, 1.54) is 0 Å². The Morgan fingerprint density at radius 3 is 2.46 bits per heavy atom. The van der Waals surface area contributed by atoms with Gasteiger partial charge in [-0.3, -0.25) is 4.72 Å². The third-order valence-electron chi connectivity index (χ3n) is 4.38. The Morgan fingerprint density at radius 2 is 1.81 bits per heavy atom. The molecule has 0 aliphatic carbocycles. The molecule has 0 radical (unpaired) electrons. The van der Waals surface area contributed by atoms with Crippen molar-refractivity contribution in [2.45, 2.75) is 4.90 Å². The molecule has 140 valence electrons. The van der Waals surface area contributed by atoms with E-state index in [0.29, 0.717) is 10.2 Å². The van der Waals surface area contributed by atoms with Crippen molar-refractivity contribution in [3.63, 3.8) is 0 Å². The van der Waals surface area contributed by atoms with Gasteiger partial charge in [-0.05, 0) is 43.4 Å². The quantitative estimate of drug-likeness (QED) is 0.775. The van der Waals surface area contributed by atoms with Crippen molar-refractivity contribution in [3.8, 4) is 5.75 Å². The Kier molecular flexibility index (Phi) is 5.74. The van der Waals surface area contributed by atoms with Crippen LogP contribution in [0.15, 0.2) is 51.8 Å². The van der Waals surface area contributed by atoms with Crippen LogP contribution in [-0.4, -0.2) is 53.7 Å². The third-order valence-corrected chi connectivity index (χ3v) is 6.25. The van der Waals surface area contributed by atoms with Crippen molar-refractivity contribution in [3.05, 3.63) is 46.9 Å². The Bertz CT molecular complexity index is 881. The topological polar surface area (TPSA) is 61.9 Å². The fraction of sp³-hybridized carbons (Fsp3) is 0.333. The summed E-state index contributed by atoms with van der Waals surface area (Å²) in [5, 5.41) is 0. The van der Waals surface area contributed by atoms with Crippen molar-refractivity contribution in [2.75, 3.05) is 50.0 Å². The van der Waals surface area contributed by atoms with Crippen molar-refractivity contribution < 1.29 is 13.2 Å². The molecule has 0 aromatic heterocycles. The van der Waals surface area contributed by atoms with Gasteiger partial charge >= 0.3 is 0 Å². The number of benzene rings is 2. The minimum Gasteiger partial charge on any atom is -0.495 e. The molecule has 0 spiro atoms.